The lowest BCUT2D eigenvalue weighted by atomic mass is 9.99. The van der Waals surface area contributed by atoms with Crippen LogP contribution in [0.25, 0.3) is 0 Å². The molecule has 2 rings (SSSR count). The molecule has 440 valence electrons. The molecule has 0 aromatic rings. The van der Waals surface area contributed by atoms with Gasteiger partial charge in [0.05, 0.1) is 62.6 Å². The Labute approximate surface area is 448 Å². The van der Waals surface area contributed by atoms with Gasteiger partial charge in [0.2, 0.25) is 11.8 Å². The summed E-state index contributed by atoms with van der Waals surface area (Å²) < 4.78 is 33.9. The van der Waals surface area contributed by atoms with Crippen molar-refractivity contribution in [1.29, 1.82) is 0 Å². The monoisotopic (exact) mass is 1080 g/mol. The SMILES string of the molecule is CCCCCCCC(CC(=O)OC(CCCCCCC)CC(=O)NC(CO)C(=O)NC(CO)CC(C)C)OC.CCCCCCCC(CC=O)OC(OO)C1CC(C)C(O)C1OC1OC(C)C(O)C(OC(C)=O)C1O. The van der Waals surface area contributed by atoms with Crippen molar-refractivity contribution in [3.05, 3.63) is 0 Å². The Hall–Kier alpha value is -2.89. The molecule has 2 fully saturated rings. The number of hydrogen-bond acceptors (Lipinski definition) is 18. The maximum Gasteiger partial charge on any atom is 0.308 e. The van der Waals surface area contributed by atoms with E-state index in [1.54, 1.807) is 21.0 Å². The lowest BCUT2D eigenvalue weighted by Crippen LogP contribution is -2.60. The molecule has 1 saturated carbocycles. The van der Waals surface area contributed by atoms with Gasteiger partial charge in [-0.2, -0.15) is 0 Å². The Morgan fingerprint density at radius 1 is 0.720 bits per heavy atom. The van der Waals surface area contributed by atoms with E-state index in [9.17, 15) is 54.8 Å². The molecule has 15 unspecified atom stereocenters. The van der Waals surface area contributed by atoms with Crippen molar-refractivity contribution in [2.75, 3.05) is 20.3 Å². The normalized spacial score (nSPS) is 25.0. The summed E-state index contributed by atoms with van der Waals surface area (Å²) in [7, 11) is 1.60. The van der Waals surface area contributed by atoms with Gasteiger partial charge in [-0.15, -0.1) is 0 Å². The minimum absolute atomic E-state index is 0.0899. The minimum Gasteiger partial charge on any atom is -0.462 e. The first-order valence-electron chi connectivity index (χ1n) is 28.3. The molecule has 0 aromatic heterocycles. The van der Waals surface area contributed by atoms with Gasteiger partial charge in [0.25, 0.3) is 0 Å². The Morgan fingerprint density at radius 3 is 1.77 bits per heavy atom. The fraction of sp³-hybridized carbons (Fsp3) is 0.909. The fourth-order valence-corrected chi connectivity index (χ4v) is 9.62. The van der Waals surface area contributed by atoms with E-state index in [1.807, 2.05) is 13.8 Å². The average molecular weight is 1080 g/mol. The highest BCUT2D eigenvalue weighted by atomic mass is 17.1. The number of nitrogens with one attached hydrogen (secondary N) is 2. The van der Waals surface area contributed by atoms with Crippen LogP contribution in [0, 0.1) is 17.8 Å². The molecule has 0 spiro atoms. The van der Waals surface area contributed by atoms with Crippen LogP contribution in [0.1, 0.15) is 203 Å². The highest BCUT2D eigenvalue weighted by Gasteiger charge is 2.52. The lowest BCUT2D eigenvalue weighted by molar-refractivity contribution is -0.381. The minimum atomic E-state index is -1.52. The van der Waals surface area contributed by atoms with Gasteiger partial charge in [0.1, 0.15) is 30.6 Å². The van der Waals surface area contributed by atoms with Crippen LogP contribution in [0.5, 0.6) is 0 Å². The van der Waals surface area contributed by atoms with E-state index < -0.39 is 110 Å². The summed E-state index contributed by atoms with van der Waals surface area (Å²) in [5, 5.41) is 66.1. The number of hydrogen-bond donors (Lipinski definition) is 8. The third kappa shape index (κ3) is 28.5. The second kappa shape index (κ2) is 41.2. The number of carbonyl (C=O) groups is 5. The van der Waals surface area contributed by atoms with E-state index >= 15 is 0 Å². The highest BCUT2D eigenvalue weighted by Crippen LogP contribution is 2.40. The number of unbranched alkanes of at least 4 members (excludes halogenated alkanes) is 12. The molecule has 1 heterocycles. The van der Waals surface area contributed by atoms with Crippen LogP contribution >= 0.6 is 0 Å². The zero-order valence-corrected chi connectivity index (χ0v) is 47.1. The van der Waals surface area contributed by atoms with E-state index in [-0.39, 0.29) is 43.8 Å². The Bertz CT molecular complexity index is 1530. The van der Waals surface area contributed by atoms with Crippen molar-refractivity contribution >= 4 is 30.0 Å². The Morgan fingerprint density at radius 2 is 1.28 bits per heavy atom. The molecule has 20 nitrogen and oxygen atoms in total. The Balaban J connectivity index is 0.000000752. The number of esters is 2. The van der Waals surface area contributed by atoms with Gasteiger partial charge in [-0.1, -0.05) is 131 Å². The predicted octanol–water partition coefficient (Wildman–Crippen LogP) is 6.35. The van der Waals surface area contributed by atoms with Crippen LogP contribution in [0.2, 0.25) is 0 Å². The summed E-state index contributed by atoms with van der Waals surface area (Å²) in [5.41, 5.74) is 0. The van der Waals surface area contributed by atoms with Gasteiger partial charge in [-0.3, -0.25) is 19.2 Å². The van der Waals surface area contributed by atoms with Gasteiger partial charge >= 0.3 is 11.9 Å². The van der Waals surface area contributed by atoms with E-state index in [2.05, 4.69) is 36.3 Å². The molecule has 2 amide bonds. The van der Waals surface area contributed by atoms with E-state index in [0.29, 0.717) is 25.7 Å². The molecule has 2 aliphatic rings. The molecule has 0 aromatic carbocycles. The first-order chi connectivity index (χ1) is 35.8. The van der Waals surface area contributed by atoms with Gasteiger partial charge in [0.15, 0.2) is 18.7 Å². The van der Waals surface area contributed by atoms with E-state index in [4.69, 9.17) is 28.4 Å². The standard InChI is InChI=1S/C30H58N2O7.C25H44O11/c1-6-8-10-12-14-16-25(38-5)20-29(36)39-26(17-15-13-11-9-7-2)19-28(35)32-27(22-34)30(37)31-24(21-33)18-23(3)4;1-5-6-7-8-9-10-17(11-12-26)34-24(36-31)18-13-14(2)19(28)22(18)35-25-21(30)23(33-16(4)27)20(29)15(3)32-25/h23-27,33-34H,6-22H2,1-5H3,(H,31,37)(H,32,35);12,14-15,17-25,28-31H,5-11,13H2,1-4H3. The zero-order chi connectivity index (χ0) is 56.3. The Kier molecular flexibility index (Phi) is 38.5. The molecule has 20 heteroatoms. The number of rotatable bonds is 40. The van der Waals surface area contributed by atoms with Crippen molar-refractivity contribution in [3.63, 3.8) is 0 Å². The molecule has 1 aliphatic heterocycles. The number of aliphatic hydroxyl groups excluding tert-OH is 5. The third-order valence-electron chi connectivity index (χ3n) is 14.0. The second-order valence-electron chi connectivity index (χ2n) is 21.2. The third-order valence-corrected chi connectivity index (χ3v) is 14.0. The van der Waals surface area contributed by atoms with Crippen LogP contribution < -0.4 is 10.6 Å². The summed E-state index contributed by atoms with van der Waals surface area (Å²) >= 11 is 0. The molecule has 1 aliphatic carbocycles. The molecule has 15 atom stereocenters. The first kappa shape index (κ1) is 70.1. The van der Waals surface area contributed by atoms with Crippen molar-refractivity contribution < 1.29 is 88.1 Å². The highest BCUT2D eigenvalue weighted by molar-refractivity contribution is 5.88. The number of amides is 2. The van der Waals surface area contributed by atoms with Crippen LogP contribution in [0.3, 0.4) is 0 Å². The summed E-state index contributed by atoms with van der Waals surface area (Å²) in [6.45, 7) is 14.1. The largest absolute Gasteiger partial charge is 0.462 e. The zero-order valence-electron chi connectivity index (χ0n) is 47.1. The summed E-state index contributed by atoms with van der Waals surface area (Å²) in [6.07, 6.45) is 9.18. The number of aldehydes is 1. The van der Waals surface area contributed by atoms with Crippen molar-refractivity contribution in [2.24, 2.45) is 17.8 Å². The molecular formula is C55H102N2O18. The number of carbonyl (C=O) groups excluding carboxylic acids is 5. The van der Waals surface area contributed by atoms with Gasteiger partial charge in [-0.05, 0) is 57.3 Å². The summed E-state index contributed by atoms with van der Waals surface area (Å²) in [4.78, 5) is 65.5. The predicted molar refractivity (Wildman–Crippen MR) is 281 cm³/mol. The summed E-state index contributed by atoms with van der Waals surface area (Å²) in [6, 6.07) is -1.61. The van der Waals surface area contributed by atoms with Crippen LogP contribution in [0.4, 0.5) is 0 Å². The lowest BCUT2D eigenvalue weighted by Gasteiger charge is -2.42. The topological polar surface area (TPSA) is 295 Å². The van der Waals surface area contributed by atoms with E-state index in [0.717, 1.165) is 96.7 Å². The molecule has 1 saturated heterocycles. The average Bonchev–Trinajstić information content (AvgIpc) is 3.64. The molecule has 75 heavy (non-hydrogen) atoms. The number of ether oxygens (including phenoxy) is 6. The molecule has 8 N–H and O–H groups in total. The van der Waals surface area contributed by atoms with Crippen molar-refractivity contribution in [3.8, 4) is 0 Å². The molecule has 0 radical (unpaired) electrons. The van der Waals surface area contributed by atoms with E-state index in [1.165, 1.54) is 19.3 Å². The van der Waals surface area contributed by atoms with Crippen LogP contribution in [0.15, 0.2) is 0 Å². The van der Waals surface area contributed by atoms with Gasteiger partial charge in [0, 0.05) is 26.4 Å². The van der Waals surface area contributed by atoms with Gasteiger partial charge in [-0.25, -0.2) is 10.1 Å². The van der Waals surface area contributed by atoms with Crippen LogP contribution in [-0.2, 0) is 57.3 Å². The smallest absolute Gasteiger partial charge is 0.308 e. The second-order valence-corrected chi connectivity index (χ2v) is 21.2. The van der Waals surface area contributed by atoms with Crippen molar-refractivity contribution in [1.82, 2.24) is 10.6 Å². The number of methoxy groups -OCH3 is 1. The summed E-state index contributed by atoms with van der Waals surface area (Å²) in [5.74, 6) is -2.75. The molecule has 0 bridgehead atoms. The van der Waals surface area contributed by atoms with Gasteiger partial charge < -0.3 is 69.4 Å². The maximum atomic E-state index is 12.8. The first-order valence-corrected chi connectivity index (χ1v) is 28.3. The quantitative estimate of drug-likeness (QED) is 0.00828. The maximum absolute atomic E-state index is 12.8. The van der Waals surface area contributed by atoms with Crippen LogP contribution in [-0.4, -0.2) is 161 Å². The molecular weight excluding hydrogens is 977 g/mol. The van der Waals surface area contributed by atoms with Crippen molar-refractivity contribution in [2.45, 2.75) is 283 Å². The fourth-order valence-electron chi connectivity index (χ4n) is 9.62. The number of aliphatic hydroxyl groups is 5.